The molecule has 22 heavy (non-hydrogen) atoms. The third kappa shape index (κ3) is 2.44. The first kappa shape index (κ1) is 13.0. The van der Waals surface area contributed by atoms with Gasteiger partial charge in [-0.25, -0.2) is 10.4 Å². The molecule has 3 aromatic rings. The zero-order chi connectivity index (χ0) is 14.9. The number of hydrogen-bond acceptors (Lipinski definition) is 5. The van der Waals surface area contributed by atoms with Crippen LogP contribution in [-0.2, 0) is 0 Å². The maximum Gasteiger partial charge on any atom is 0.231 e. The van der Waals surface area contributed by atoms with Gasteiger partial charge in [0.25, 0.3) is 0 Å². The van der Waals surface area contributed by atoms with E-state index in [1.807, 2.05) is 30.3 Å². The van der Waals surface area contributed by atoms with E-state index in [0.717, 1.165) is 28.1 Å². The van der Waals surface area contributed by atoms with Crippen molar-refractivity contribution in [3.63, 3.8) is 0 Å². The highest BCUT2D eigenvalue weighted by Gasteiger charge is 2.12. The number of hydrogen-bond donors (Lipinski definition) is 2. The van der Waals surface area contributed by atoms with Crippen LogP contribution in [0, 0.1) is 0 Å². The number of aromatic amines is 1. The minimum atomic E-state index is 0.260. The molecule has 0 saturated heterocycles. The smallest absolute Gasteiger partial charge is 0.231 e. The lowest BCUT2D eigenvalue weighted by Crippen LogP contribution is -1.93. The molecule has 2 aromatic carbocycles. The number of halogens is 1. The van der Waals surface area contributed by atoms with Crippen molar-refractivity contribution >= 4 is 34.8 Å². The van der Waals surface area contributed by atoms with E-state index in [1.54, 1.807) is 12.3 Å². The Labute approximate surface area is 130 Å². The molecule has 4 rings (SSSR count). The summed E-state index contributed by atoms with van der Waals surface area (Å²) in [5.41, 5.74) is 5.44. The monoisotopic (exact) mass is 314 g/mol. The predicted molar refractivity (Wildman–Crippen MR) is 84.9 cm³/mol. The predicted octanol–water partition coefficient (Wildman–Crippen LogP) is 3.39. The van der Waals surface area contributed by atoms with Crippen LogP contribution in [0.1, 0.15) is 5.56 Å². The molecular weight excluding hydrogens is 304 g/mol. The molecule has 1 aromatic heterocycles. The molecule has 110 valence electrons. The third-order valence-corrected chi connectivity index (χ3v) is 3.46. The lowest BCUT2D eigenvalue weighted by molar-refractivity contribution is 0.174. The van der Waals surface area contributed by atoms with Gasteiger partial charge in [-0.15, -0.1) is 0 Å². The molecule has 7 heteroatoms. The number of H-pyrrole nitrogens is 1. The maximum absolute atomic E-state index is 5.94. The number of aromatic nitrogens is 2. The molecule has 1 aliphatic heterocycles. The summed E-state index contributed by atoms with van der Waals surface area (Å²) in [7, 11) is 0. The quantitative estimate of drug-likeness (QED) is 0.574. The van der Waals surface area contributed by atoms with Gasteiger partial charge in [-0.05, 0) is 42.0 Å². The van der Waals surface area contributed by atoms with E-state index < -0.39 is 0 Å². The molecule has 0 radical (unpaired) electrons. The first-order valence-corrected chi connectivity index (χ1v) is 7.00. The number of rotatable bonds is 3. The summed E-state index contributed by atoms with van der Waals surface area (Å²) in [5, 5.41) is 4.82. The van der Waals surface area contributed by atoms with Gasteiger partial charge < -0.3 is 14.5 Å². The van der Waals surface area contributed by atoms with Gasteiger partial charge in [0.05, 0.1) is 17.2 Å². The first-order valence-electron chi connectivity index (χ1n) is 6.62. The fourth-order valence-corrected chi connectivity index (χ4v) is 2.37. The third-order valence-electron chi connectivity index (χ3n) is 3.22. The van der Waals surface area contributed by atoms with Gasteiger partial charge in [0.1, 0.15) is 0 Å². The zero-order valence-corrected chi connectivity index (χ0v) is 12.1. The molecule has 0 aliphatic carbocycles. The molecule has 0 fully saturated rings. The number of nitrogens with zero attached hydrogens (tertiary/aromatic N) is 2. The number of ether oxygens (including phenoxy) is 2. The molecule has 0 bridgehead atoms. The Balaban J connectivity index is 1.51. The van der Waals surface area contributed by atoms with E-state index in [-0.39, 0.29) is 6.79 Å². The van der Waals surface area contributed by atoms with E-state index in [0.29, 0.717) is 11.0 Å². The zero-order valence-electron chi connectivity index (χ0n) is 11.3. The lowest BCUT2D eigenvalue weighted by Gasteiger charge is -1.97. The summed E-state index contributed by atoms with van der Waals surface area (Å²) in [6.07, 6.45) is 1.68. The van der Waals surface area contributed by atoms with Gasteiger partial charge >= 0.3 is 0 Å². The fraction of sp³-hybridized carbons (Fsp3) is 0.0667. The van der Waals surface area contributed by atoms with E-state index in [1.165, 1.54) is 0 Å². The summed E-state index contributed by atoms with van der Waals surface area (Å²) in [6, 6.07) is 11.1. The van der Waals surface area contributed by atoms with Crippen molar-refractivity contribution in [3.05, 3.63) is 47.0 Å². The average molecular weight is 315 g/mol. The van der Waals surface area contributed by atoms with Crippen LogP contribution in [0.3, 0.4) is 0 Å². The summed E-state index contributed by atoms with van der Waals surface area (Å²) in [5.74, 6) is 2.02. The second-order valence-electron chi connectivity index (χ2n) is 4.73. The summed E-state index contributed by atoms with van der Waals surface area (Å²) in [6.45, 7) is 0.260. The van der Waals surface area contributed by atoms with Crippen LogP contribution in [0.4, 0.5) is 5.95 Å². The van der Waals surface area contributed by atoms with Crippen molar-refractivity contribution < 1.29 is 9.47 Å². The molecule has 0 unspecified atom stereocenters. The van der Waals surface area contributed by atoms with Gasteiger partial charge in [-0.1, -0.05) is 11.6 Å². The Hall–Kier alpha value is -2.73. The molecule has 0 saturated carbocycles. The van der Waals surface area contributed by atoms with Gasteiger partial charge in [0, 0.05) is 5.02 Å². The second kappa shape index (κ2) is 5.23. The van der Waals surface area contributed by atoms with Crippen LogP contribution >= 0.6 is 11.6 Å². The van der Waals surface area contributed by atoms with Crippen molar-refractivity contribution in [1.82, 2.24) is 9.97 Å². The largest absolute Gasteiger partial charge is 0.454 e. The highest BCUT2D eigenvalue weighted by atomic mass is 35.5. The van der Waals surface area contributed by atoms with Crippen LogP contribution in [0.5, 0.6) is 11.5 Å². The lowest BCUT2D eigenvalue weighted by atomic mass is 10.2. The average Bonchev–Trinajstić information content (AvgIpc) is 3.12. The SMILES string of the molecule is Clc1ccc2nc(N/N=C\c3ccc4c(c3)OCO4)[nH]c2c1. The Bertz CT molecular complexity index is 875. The summed E-state index contributed by atoms with van der Waals surface area (Å²) >= 11 is 5.94. The van der Waals surface area contributed by atoms with Crippen LogP contribution in [0.25, 0.3) is 11.0 Å². The van der Waals surface area contributed by atoms with Crippen LogP contribution in [0.2, 0.25) is 5.02 Å². The van der Waals surface area contributed by atoms with Crippen molar-refractivity contribution in [2.75, 3.05) is 12.2 Å². The highest BCUT2D eigenvalue weighted by Crippen LogP contribution is 2.32. The number of hydrazone groups is 1. The Morgan fingerprint density at radius 1 is 1.18 bits per heavy atom. The standard InChI is InChI=1S/C15H11ClN4O2/c16-10-2-3-11-12(6-10)19-15(18-11)20-17-7-9-1-4-13-14(5-9)22-8-21-13/h1-7H,8H2,(H2,18,19,20)/b17-7-. The Morgan fingerprint density at radius 3 is 3.05 bits per heavy atom. The Kier molecular flexibility index (Phi) is 3.08. The van der Waals surface area contributed by atoms with Gasteiger partial charge in [-0.2, -0.15) is 5.10 Å². The second-order valence-corrected chi connectivity index (χ2v) is 5.17. The van der Waals surface area contributed by atoms with Crippen molar-refractivity contribution in [1.29, 1.82) is 0 Å². The minimum absolute atomic E-state index is 0.260. The van der Waals surface area contributed by atoms with Crippen molar-refractivity contribution in [2.24, 2.45) is 5.10 Å². The summed E-state index contributed by atoms with van der Waals surface area (Å²) in [4.78, 5) is 7.46. The molecule has 1 aliphatic rings. The van der Waals surface area contributed by atoms with E-state index in [4.69, 9.17) is 21.1 Å². The fourth-order valence-electron chi connectivity index (χ4n) is 2.20. The van der Waals surface area contributed by atoms with Gasteiger partial charge in [0.2, 0.25) is 12.7 Å². The van der Waals surface area contributed by atoms with Crippen molar-refractivity contribution in [3.8, 4) is 11.5 Å². The van der Waals surface area contributed by atoms with Crippen molar-refractivity contribution in [2.45, 2.75) is 0 Å². The first-order chi connectivity index (χ1) is 10.8. The van der Waals surface area contributed by atoms with Gasteiger partial charge in [0.15, 0.2) is 11.5 Å². The number of anilines is 1. The topological polar surface area (TPSA) is 71.5 Å². The minimum Gasteiger partial charge on any atom is -0.454 e. The molecule has 0 spiro atoms. The number of fused-ring (bicyclic) bond motifs is 2. The molecule has 0 amide bonds. The van der Waals surface area contributed by atoms with Gasteiger partial charge in [-0.3, -0.25) is 0 Å². The van der Waals surface area contributed by atoms with Crippen LogP contribution in [-0.4, -0.2) is 23.0 Å². The molecule has 2 N–H and O–H groups in total. The van der Waals surface area contributed by atoms with E-state index in [9.17, 15) is 0 Å². The number of benzene rings is 2. The molecule has 6 nitrogen and oxygen atoms in total. The summed E-state index contributed by atoms with van der Waals surface area (Å²) < 4.78 is 10.6. The van der Waals surface area contributed by atoms with Crippen LogP contribution < -0.4 is 14.9 Å². The van der Waals surface area contributed by atoms with E-state index in [2.05, 4.69) is 20.5 Å². The molecule has 0 atom stereocenters. The van der Waals surface area contributed by atoms with E-state index >= 15 is 0 Å². The normalized spacial score (nSPS) is 13.1. The maximum atomic E-state index is 5.94. The number of nitrogens with one attached hydrogen (secondary N) is 2. The Morgan fingerprint density at radius 2 is 2.09 bits per heavy atom. The number of imidazole rings is 1. The van der Waals surface area contributed by atoms with Crippen LogP contribution in [0.15, 0.2) is 41.5 Å². The molecular formula is C15H11ClN4O2. The highest BCUT2D eigenvalue weighted by molar-refractivity contribution is 6.31. The molecule has 2 heterocycles.